The number of hydrogen-bond donors (Lipinski definition) is 3. The smallest absolute Gasteiger partial charge is 0.339 e. The van der Waals surface area contributed by atoms with E-state index in [2.05, 4.69) is 34.6 Å². The molecule has 1 aromatic rings. The summed E-state index contributed by atoms with van der Waals surface area (Å²) in [5.74, 6) is -0.524. The number of fused-ring (bicyclic) bond motifs is 3. The number of aliphatic hydroxyl groups is 3. The van der Waals surface area contributed by atoms with Gasteiger partial charge in [0.15, 0.2) is 6.10 Å². The van der Waals surface area contributed by atoms with Crippen molar-refractivity contribution < 1.29 is 34.0 Å². The molecule has 0 amide bonds. The Morgan fingerprint density at radius 3 is 2.33 bits per heavy atom. The second-order valence-corrected chi connectivity index (χ2v) is 12.7. The van der Waals surface area contributed by atoms with Gasteiger partial charge in [0.05, 0.1) is 30.8 Å². The fraction of sp³-hybridized carbons (Fsp3) is 0.808. The average molecular weight is 461 g/mol. The minimum absolute atomic E-state index is 0.0602. The molecule has 11 atom stereocenters. The molecule has 182 valence electrons. The molecule has 3 aliphatic carbocycles. The van der Waals surface area contributed by atoms with Crippen LogP contribution in [0.5, 0.6) is 0 Å². The molecule has 7 heteroatoms. The fourth-order valence-corrected chi connectivity index (χ4v) is 9.48. The van der Waals surface area contributed by atoms with Crippen LogP contribution in [0.25, 0.3) is 0 Å². The van der Waals surface area contributed by atoms with Crippen molar-refractivity contribution in [2.75, 3.05) is 0 Å². The summed E-state index contributed by atoms with van der Waals surface area (Å²) in [6.45, 7) is 10.4. The summed E-state index contributed by atoms with van der Waals surface area (Å²) in [6, 6.07) is 1.83. The van der Waals surface area contributed by atoms with Gasteiger partial charge in [-0.15, -0.1) is 0 Å². The molecule has 3 heterocycles. The van der Waals surface area contributed by atoms with Crippen LogP contribution in [0, 0.1) is 33.5 Å². The van der Waals surface area contributed by atoms with E-state index < -0.39 is 57.8 Å². The number of carbonyl (C=O) groups is 1. The first kappa shape index (κ1) is 22.1. The Kier molecular flexibility index (Phi) is 4.17. The second-order valence-electron chi connectivity index (χ2n) is 12.7. The van der Waals surface area contributed by atoms with E-state index in [0.717, 1.165) is 18.4 Å². The molecule has 1 spiro atoms. The van der Waals surface area contributed by atoms with Crippen LogP contribution in [0.1, 0.15) is 72.0 Å². The Bertz CT molecular complexity index is 989. The van der Waals surface area contributed by atoms with Gasteiger partial charge in [-0.05, 0) is 42.6 Å². The highest BCUT2D eigenvalue weighted by atomic mass is 16.7. The van der Waals surface area contributed by atoms with E-state index in [4.69, 9.17) is 13.9 Å². The van der Waals surface area contributed by atoms with E-state index in [1.165, 1.54) is 0 Å². The molecule has 5 aliphatic rings. The number of esters is 1. The summed E-state index contributed by atoms with van der Waals surface area (Å²) < 4.78 is 17.6. The summed E-state index contributed by atoms with van der Waals surface area (Å²) in [5.41, 5.74) is -2.33. The Labute approximate surface area is 194 Å². The van der Waals surface area contributed by atoms with Crippen molar-refractivity contribution in [1.29, 1.82) is 0 Å². The van der Waals surface area contributed by atoms with Gasteiger partial charge in [-0.25, -0.2) is 4.79 Å². The predicted octanol–water partition coefficient (Wildman–Crippen LogP) is 2.98. The molecule has 2 aliphatic heterocycles. The van der Waals surface area contributed by atoms with Crippen molar-refractivity contribution >= 4 is 5.97 Å². The number of rotatable bonds is 1. The van der Waals surface area contributed by atoms with Gasteiger partial charge in [0.1, 0.15) is 11.7 Å². The van der Waals surface area contributed by atoms with Gasteiger partial charge >= 0.3 is 5.97 Å². The summed E-state index contributed by atoms with van der Waals surface area (Å²) in [6.07, 6.45) is 2.17. The maximum Gasteiger partial charge on any atom is 0.339 e. The molecule has 3 N–H and O–H groups in total. The van der Waals surface area contributed by atoms with E-state index in [1.54, 1.807) is 12.5 Å². The fourth-order valence-electron chi connectivity index (χ4n) is 9.48. The third-order valence-electron chi connectivity index (χ3n) is 11.4. The third kappa shape index (κ3) is 2.20. The summed E-state index contributed by atoms with van der Waals surface area (Å²) in [7, 11) is 0. The van der Waals surface area contributed by atoms with Crippen molar-refractivity contribution in [3.8, 4) is 0 Å². The number of furan rings is 1. The number of cyclic esters (lactones) is 1. The number of epoxide rings is 1. The highest BCUT2D eigenvalue weighted by Gasteiger charge is 2.88. The molecule has 0 aromatic carbocycles. The Morgan fingerprint density at radius 1 is 0.939 bits per heavy atom. The van der Waals surface area contributed by atoms with Crippen LogP contribution >= 0.6 is 0 Å². The lowest BCUT2D eigenvalue weighted by molar-refractivity contribution is -0.293. The molecule has 2 unspecified atom stereocenters. The number of carbonyl (C=O) groups excluding carboxylic acids is 1. The zero-order valence-corrected chi connectivity index (χ0v) is 20.1. The highest BCUT2D eigenvalue weighted by molar-refractivity contribution is 5.82. The van der Waals surface area contributed by atoms with Gasteiger partial charge in [-0.2, -0.15) is 0 Å². The first-order valence-corrected chi connectivity index (χ1v) is 12.3. The quantitative estimate of drug-likeness (QED) is 0.436. The summed E-state index contributed by atoms with van der Waals surface area (Å²) >= 11 is 0. The second kappa shape index (κ2) is 6.23. The number of hydrogen-bond acceptors (Lipinski definition) is 7. The molecular formula is C26H36O7. The third-order valence-corrected chi connectivity index (χ3v) is 11.4. The van der Waals surface area contributed by atoms with Gasteiger partial charge in [-0.3, -0.25) is 0 Å². The van der Waals surface area contributed by atoms with Crippen LogP contribution in [0.15, 0.2) is 23.0 Å². The minimum Gasteiger partial charge on any atom is -0.472 e. The molecule has 0 radical (unpaired) electrons. The molecule has 6 rings (SSSR count). The van der Waals surface area contributed by atoms with Gasteiger partial charge < -0.3 is 29.2 Å². The molecule has 0 bridgehead atoms. The lowest BCUT2D eigenvalue weighted by Crippen LogP contribution is -2.75. The summed E-state index contributed by atoms with van der Waals surface area (Å²) in [5, 5.41) is 34.1. The maximum absolute atomic E-state index is 13.1. The maximum atomic E-state index is 13.1. The van der Waals surface area contributed by atoms with Crippen LogP contribution in [-0.2, 0) is 14.3 Å². The van der Waals surface area contributed by atoms with Gasteiger partial charge in [-0.1, -0.05) is 34.6 Å². The lowest BCUT2D eigenvalue weighted by atomic mass is 9.34. The molecule has 3 saturated carbocycles. The van der Waals surface area contributed by atoms with E-state index in [9.17, 15) is 20.1 Å². The SMILES string of the molecule is CC1(C)C2C[C@@H](O)[C@]3(C)C(CC[C@@]4(C)[C@H](c5ccoc5)OC(=O)[C@H]5O[C@]543)[C@@]2(C)[C@@H](O)C[C@H]1O. The van der Waals surface area contributed by atoms with E-state index in [0.29, 0.717) is 12.8 Å². The Hall–Kier alpha value is -1.41. The molecule has 33 heavy (non-hydrogen) atoms. The van der Waals surface area contributed by atoms with Crippen LogP contribution in [0.4, 0.5) is 0 Å². The lowest BCUT2D eigenvalue weighted by Gasteiger charge is -2.71. The highest BCUT2D eigenvalue weighted by Crippen LogP contribution is 2.80. The van der Waals surface area contributed by atoms with Crippen LogP contribution in [0.2, 0.25) is 0 Å². The van der Waals surface area contributed by atoms with Crippen LogP contribution in [-0.4, -0.2) is 51.3 Å². The molecule has 1 aromatic heterocycles. The van der Waals surface area contributed by atoms with Crippen molar-refractivity contribution in [3.05, 3.63) is 24.2 Å². The van der Waals surface area contributed by atoms with Gasteiger partial charge in [0, 0.05) is 28.2 Å². The largest absolute Gasteiger partial charge is 0.472 e. The zero-order chi connectivity index (χ0) is 23.8. The van der Waals surface area contributed by atoms with E-state index in [-0.39, 0.29) is 17.8 Å². The standard InChI is InChI=1S/C26H36O7/c1-22(2)15-10-18(29)25(5)14(24(15,4)17(28)11-16(22)27)6-8-23(3)19(13-7-9-31-12-13)32-21(30)20-26(23,25)33-20/h7,9,12,14-20,27-29H,6,8,10-11H2,1-5H3/t14?,15?,16-,17+,18-,19+,20-,23+,24-,25+,26-/m1/s1. The molecule has 2 saturated heterocycles. The van der Waals surface area contributed by atoms with Crippen LogP contribution < -0.4 is 0 Å². The monoisotopic (exact) mass is 460 g/mol. The zero-order valence-electron chi connectivity index (χ0n) is 20.1. The van der Waals surface area contributed by atoms with Gasteiger partial charge in [0.2, 0.25) is 0 Å². The molecular weight excluding hydrogens is 424 g/mol. The van der Waals surface area contributed by atoms with Crippen molar-refractivity contribution in [1.82, 2.24) is 0 Å². The summed E-state index contributed by atoms with van der Waals surface area (Å²) in [4.78, 5) is 13.1. The number of aliphatic hydroxyl groups excluding tert-OH is 3. The van der Waals surface area contributed by atoms with Crippen molar-refractivity contribution in [2.45, 2.75) is 96.4 Å². The van der Waals surface area contributed by atoms with E-state index >= 15 is 0 Å². The predicted molar refractivity (Wildman–Crippen MR) is 117 cm³/mol. The van der Waals surface area contributed by atoms with E-state index in [1.807, 2.05) is 6.07 Å². The topological polar surface area (TPSA) is 113 Å². The van der Waals surface area contributed by atoms with Crippen LogP contribution in [0.3, 0.4) is 0 Å². The number of ether oxygens (including phenoxy) is 2. The first-order valence-electron chi connectivity index (χ1n) is 12.3. The van der Waals surface area contributed by atoms with Crippen molar-refractivity contribution in [3.63, 3.8) is 0 Å². The van der Waals surface area contributed by atoms with Gasteiger partial charge in [0.25, 0.3) is 0 Å². The Balaban J connectivity index is 1.51. The minimum atomic E-state index is -0.881. The normalized spacial score (nSPS) is 56.6. The molecule has 7 nitrogen and oxygen atoms in total. The first-order chi connectivity index (χ1) is 15.4. The Morgan fingerprint density at radius 2 is 1.67 bits per heavy atom. The molecule has 5 fully saturated rings. The average Bonchev–Trinajstić information content (AvgIpc) is 3.32. The van der Waals surface area contributed by atoms with Crippen molar-refractivity contribution in [2.24, 2.45) is 33.5 Å².